The van der Waals surface area contributed by atoms with Crippen LogP contribution in [0, 0.1) is 0 Å². The van der Waals surface area contributed by atoms with Crippen molar-refractivity contribution in [3.8, 4) is 0 Å². The highest BCUT2D eigenvalue weighted by molar-refractivity contribution is 5.37. The molecule has 26 heavy (non-hydrogen) atoms. The number of aliphatic hydroxyl groups excluding tert-OH is 5. The van der Waals surface area contributed by atoms with Gasteiger partial charge in [-0.1, -0.05) is 24.3 Å². The quantitative estimate of drug-likeness (QED) is 0.494. The van der Waals surface area contributed by atoms with E-state index in [1.54, 1.807) is 24.5 Å². The predicted molar refractivity (Wildman–Crippen MR) is 92.1 cm³/mol. The van der Waals surface area contributed by atoms with Crippen LogP contribution in [0.15, 0.2) is 42.7 Å². The summed E-state index contributed by atoms with van der Waals surface area (Å²) in [6, 6.07) is 9.19. The van der Waals surface area contributed by atoms with E-state index in [0.29, 0.717) is 17.5 Å². The van der Waals surface area contributed by atoms with Crippen LogP contribution < -0.4 is 0 Å². The van der Waals surface area contributed by atoms with Gasteiger partial charge < -0.3 is 30.3 Å². The third-order valence-electron chi connectivity index (χ3n) is 4.71. The molecule has 2 heterocycles. The zero-order valence-corrected chi connectivity index (χ0v) is 14.1. The molecule has 1 aliphatic heterocycles. The molecule has 1 fully saturated rings. The number of pyridine rings is 1. The summed E-state index contributed by atoms with van der Waals surface area (Å²) in [5, 5.41) is 49.4. The smallest absolute Gasteiger partial charge is 0.113 e. The number of aliphatic hydroxyl groups is 5. The van der Waals surface area contributed by atoms with Crippen molar-refractivity contribution in [2.45, 2.75) is 43.5 Å². The summed E-state index contributed by atoms with van der Waals surface area (Å²) >= 11 is 0. The van der Waals surface area contributed by atoms with E-state index in [-0.39, 0.29) is 6.61 Å². The standard InChI is InChI=1S/C19H23NO6/c21-9-13-4-3-11(6-12-2-1-5-20-8-12)7-14(13)19-18(25)17(24)16(23)15(10-22)26-19/h1-5,7-8,15-19,21-25H,6,9-10H2/t15-,16-,17+,18-,19+/m1/s1. The summed E-state index contributed by atoms with van der Waals surface area (Å²) in [7, 11) is 0. The van der Waals surface area contributed by atoms with E-state index >= 15 is 0 Å². The van der Waals surface area contributed by atoms with E-state index in [2.05, 4.69) is 4.98 Å². The zero-order valence-electron chi connectivity index (χ0n) is 14.1. The van der Waals surface area contributed by atoms with Gasteiger partial charge >= 0.3 is 0 Å². The molecule has 1 aromatic heterocycles. The number of hydrogen-bond acceptors (Lipinski definition) is 7. The van der Waals surface area contributed by atoms with Crippen molar-refractivity contribution < 1.29 is 30.3 Å². The van der Waals surface area contributed by atoms with Crippen LogP contribution in [0.1, 0.15) is 28.4 Å². The van der Waals surface area contributed by atoms with E-state index in [4.69, 9.17) is 4.74 Å². The number of aromatic nitrogens is 1. The van der Waals surface area contributed by atoms with Crippen molar-refractivity contribution in [3.63, 3.8) is 0 Å². The Morgan fingerprint density at radius 2 is 1.77 bits per heavy atom. The van der Waals surface area contributed by atoms with Gasteiger partial charge in [-0.05, 0) is 34.7 Å². The molecule has 0 spiro atoms. The molecule has 7 heteroatoms. The first-order valence-corrected chi connectivity index (χ1v) is 8.47. The molecular weight excluding hydrogens is 338 g/mol. The minimum atomic E-state index is -1.46. The molecular formula is C19H23NO6. The van der Waals surface area contributed by atoms with Gasteiger partial charge in [0.25, 0.3) is 0 Å². The zero-order chi connectivity index (χ0) is 18.7. The van der Waals surface area contributed by atoms with Crippen LogP contribution in [0.25, 0.3) is 0 Å². The molecule has 5 N–H and O–H groups in total. The second-order valence-corrected chi connectivity index (χ2v) is 6.48. The van der Waals surface area contributed by atoms with Crippen LogP contribution in [-0.2, 0) is 17.8 Å². The molecule has 1 aliphatic rings. The first-order chi connectivity index (χ1) is 12.5. The third kappa shape index (κ3) is 3.78. The molecule has 1 aromatic carbocycles. The van der Waals surface area contributed by atoms with Gasteiger partial charge in [0.1, 0.15) is 30.5 Å². The molecule has 0 unspecified atom stereocenters. The fourth-order valence-corrected chi connectivity index (χ4v) is 3.26. The Morgan fingerprint density at radius 1 is 0.962 bits per heavy atom. The summed E-state index contributed by atoms with van der Waals surface area (Å²) in [6.45, 7) is -0.761. The first-order valence-electron chi connectivity index (χ1n) is 8.47. The van der Waals surface area contributed by atoms with E-state index < -0.39 is 37.1 Å². The Kier molecular flexibility index (Phi) is 5.98. The monoisotopic (exact) mass is 361 g/mol. The molecule has 5 atom stereocenters. The van der Waals surface area contributed by atoms with Crippen LogP contribution in [-0.4, -0.2) is 61.5 Å². The number of benzene rings is 1. The maximum atomic E-state index is 10.4. The summed E-state index contributed by atoms with van der Waals surface area (Å²) in [5.74, 6) is 0. The highest BCUT2D eigenvalue weighted by Gasteiger charge is 2.44. The van der Waals surface area contributed by atoms with Crippen molar-refractivity contribution in [2.75, 3.05) is 6.61 Å². The maximum Gasteiger partial charge on any atom is 0.113 e. The summed E-state index contributed by atoms with van der Waals surface area (Å²) in [6.07, 6.45) is -2.17. The van der Waals surface area contributed by atoms with Gasteiger partial charge in [0.2, 0.25) is 0 Å². The minimum absolute atomic E-state index is 0.266. The molecule has 0 aliphatic carbocycles. The molecule has 3 rings (SSSR count). The lowest BCUT2D eigenvalue weighted by molar-refractivity contribution is -0.232. The topological polar surface area (TPSA) is 123 Å². The second-order valence-electron chi connectivity index (χ2n) is 6.48. The molecule has 0 saturated carbocycles. The van der Waals surface area contributed by atoms with Gasteiger partial charge in [-0.15, -0.1) is 0 Å². The van der Waals surface area contributed by atoms with Crippen molar-refractivity contribution in [2.24, 2.45) is 0 Å². The van der Waals surface area contributed by atoms with E-state index in [9.17, 15) is 25.5 Å². The summed E-state index contributed by atoms with van der Waals surface area (Å²) < 4.78 is 5.63. The Morgan fingerprint density at radius 3 is 2.42 bits per heavy atom. The first kappa shape index (κ1) is 18.9. The molecule has 7 nitrogen and oxygen atoms in total. The van der Waals surface area contributed by atoms with Gasteiger partial charge in [-0.2, -0.15) is 0 Å². The second kappa shape index (κ2) is 8.22. The van der Waals surface area contributed by atoms with Crippen molar-refractivity contribution in [3.05, 3.63) is 65.0 Å². The van der Waals surface area contributed by atoms with Crippen molar-refractivity contribution in [1.29, 1.82) is 0 Å². The lowest BCUT2D eigenvalue weighted by Gasteiger charge is -2.40. The molecule has 1 saturated heterocycles. The van der Waals surface area contributed by atoms with Crippen molar-refractivity contribution in [1.82, 2.24) is 4.98 Å². The lowest BCUT2D eigenvalue weighted by atomic mass is 9.88. The van der Waals surface area contributed by atoms with Crippen LogP contribution in [0.5, 0.6) is 0 Å². The minimum Gasteiger partial charge on any atom is -0.394 e. The van der Waals surface area contributed by atoms with Gasteiger partial charge in [0.15, 0.2) is 0 Å². The van der Waals surface area contributed by atoms with E-state index in [0.717, 1.165) is 11.1 Å². The Bertz CT molecular complexity index is 723. The van der Waals surface area contributed by atoms with Gasteiger partial charge in [0.05, 0.1) is 13.2 Å². The largest absolute Gasteiger partial charge is 0.394 e. The molecule has 0 amide bonds. The Balaban J connectivity index is 1.93. The SMILES string of the molecule is OCc1ccc(Cc2cccnc2)cc1[C@@H]1O[C@H](CO)[C@@H](O)[C@H](O)[C@H]1O. The average molecular weight is 361 g/mol. The fourth-order valence-electron chi connectivity index (χ4n) is 3.26. The molecule has 0 radical (unpaired) electrons. The number of hydrogen-bond donors (Lipinski definition) is 5. The molecule has 140 valence electrons. The highest BCUT2D eigenvalue weighted by Crippen LogP contribution is 2.35. The summed E-state index contributed by atoms with van der Waals surface area (Å²) in [5.41, 5.74) is 2.99. The van der Waals surface area contributed by atoms with Gasteiger partial charge in [-0.3, -0.25) is 4.98 Å². The van der Waals surface area contributed by atoms with E-state index in [1.165, 1.54) is 0 Å². The van der Waals surface area contributed by atoms with Crippen LogP contribution >= 0.6 is 0 Å². The maximum absolute atomic E-state index is 10.4. The van der Waals surface area contributed by atoms with Crippen molar-refractivity contribution >= 4 is 0 Å². The third-order valence-corrected chi connectivity index (χ3v) is 4.71. The Labute approximate surface area is 151 Å². The normalized spacial score (nSPS) is 28.9. The van der Waals surface area contributed by atoms with Gasteiger partial charge in [-0.25, -0.2) is 0 Å². The van der Waals surface area contributed by atoms with Crippen LogP contribution in [0.4, 0.5) is 0 Å². The van der Waals surface area contributed by atoms with Crippen LogP contribution in [0.3, 0.4) is 0 Å². The Hall–Kier alpha value is -1.87. The summed E-state index contributed by atoms with van der Waals surface area (Å²) in [4.78, 5) is 4.08. The van der Waals surface area contributed by atoms with Gasteiger partial charge in [0, 0.05) is 12.4 Å². The molecule has 0 bridgehead atoms. The van der Waals surface area contributed by atoms with E-state index in [1.807, 2.05) is 18.2 Å². The van der Waals surface area contributed by atoms with Crippen LogP contribution in [0.2, 0.25) is 0 Å². The lowest BCUT2D eigenvalue weighted by Crippen LogP contribution is -2.55. The highest BCUT2D eigenvalue weighted by atomic mass is 16.5. The fraction of sp³-hybridized carbons (Fsp3) is 0.421. The average Bonchev–Trinajstić information content (AvgIpc) is 2.67. The number of rotatable bonds is 5. The number of ether oxygens (including phenoxy) is 1. The predicted octanol–water partition coefficient (Wildman–Crippen LogP) is -0.320. The molecule has 2 aromatic rings. The number of nitrogens with zero attached hydrogens (tertiary/aromatic N) is 1.